The Morgan fingerprint density at radius 1 is 1.29 bits per heavy atom. The lowest BCUT2D eigenvalue weighted by Gasteiger charge is -2.10. The Morgan fingerprint density at radius 3 is 2.79 bits per heavy atom. The highest BCUT2D eigenvalue weighted by atomic mass is 32.2. The monoisotopic (exact) mass is 221 g/mol. The first kappa shape index (κ1) is 9.87. The molecule has 0 spiro atoms. The molecule has 1 aromatic rings. The fourth-order valence-electron chi connectivity index (χ4n) is 1.23. The summed E-state index contributed by atoms with van der Waals surface area (Å²) < 4.78 is 0. The van der Waals surface area contributed by atoms with Crippen LogP contribution in [0.3, 0.4) is 0 Å². The predicted octanol–water partition coefficient (Wildman–Crippen LogP) is 3.49. The van der Waals surface area contributed by atoms with Crippen LogP contribution in [0.5, 0.6) is 0 Å². The van der Waals surface area contributed by atoms with Crippen LogP contribution in [-0.2, 0) is 0 Å². The molecule has 3 heteroatoms. The van der Waals surface area contributed by atoms with Gasteiger partial charge in [-0.25, -0.2) is 4.99 Å². The zero-order chi connectivity index (χ0) is 9.80. The second-order valence-electron chi connectivity index (χ2n) is 2.89. The summed E-state index contributed by atoms with van der Waals surface area (Å²) in [7, 11) is 0. The van der Waals surface area contributed by atoms with Gasteiger partial charge in [-0.15, -0.1) is 23.5 Å². The van der Waals surface area contributed by atoms with Crippen LogP contribution in [0, 0.1) is 0 Å². The third kappa shape index (κ3) is 2.22. The number of aliphatic imine (C=N–C) groups is 1. The van der Waals surface area contributed by atoms with Gasteiger partial charge in [0, 0.05) is 11.3 Å². The van der Waals surface area contributed by atoms with Crippen molar-refractivity contribution in [1.82, 2.24) is 0 Å². The van der Waals surface area contributed by atoms with Crippen molar-refractivity contribution in [2.75, 3.05) is 12.0 Å². The van der Waals surface area contributed by atoms with Gasteiger partial charge in [0.25, 0.3) is 0 Å². The number of benzene rings is 1. The summed E-state index contributed by atoms with van der Waals surface area (Å²) in [4.78, 5) is 4.59. The van der Waals surface area contributed by atoms with Crippen molar-refractivity contribution in [2.45, 2.75) is 0 Å². The Balaban J connectivity index is 2.28. The van der Waals surface area contributed by atoms with Gasteiger partial charge >= 0.3 is 0 Å². The van der Waals surface area contributed by atoms with Gasteiger partial charge in [0.15, 0.2) is 0 Å². The van der Waals surface area contributed by atoms with E-state index in [1.165, 1.54) is 10.6 Å². The normalized spacial score (nSPS) is 16.1. The van der Waals surface area contributed by atoms with Crippen LogP contribution >= 0.6 is 23.5 Å². The van der Waals surface area contributed by atoms with Gasteiger partial charge < -0.3 is 0 Å². The molecule has 2 rings (SSSR count). The van der Waals surface area contributed by atoms with E-state index in [4.69, 9.17) is 0 Å². The van der Waals surface area contributed by atoms with E-state index in [0.29, 0.717) is 0 Å². The zero-order valence-corrected chi connectivity index (χ0v) is 9.57. The minimum absolute atomic E-state index is 1.01. The van der Waals surface area contributed by atoms with Gasteiger partial charge in [-0.3, -0.25) is 0 Å². The average Bonchev–Trinajstić information content (AvgIpc) is 2.30. The van der Waals surface area contributed by atoms with E-state index in [1.54, 1.807) is 11.8 Å². The molecule has 1 aliphatic rings. The SMILES string of the molecule is CSC1=NC(c2ccccc2)=CSC1. The fraction of sp³-hybridized carbons (Fsp3) is 0.182. The minimum Gasteiger partial charge on any atom is -0.245 e. The first-order valence-electron chi connectivity index (χ1n) is 4.39. The third-order valence-electron chi connectivity index (χ3n) is 1.95. The van der Waals surface area contributed by atoms with Crippen molar-refractivity contribution < 1.29 is 0 Å². The molecule has 72 valence electrons. The first-order chi connectivity index (χ1) is 6.90. The van der Waals surface area contributed by atoms with E-state index < -0.39 is 0 Å². The third-order valence-corrected chi connectivity index (χ3v) is 3.67. The van der Waals surface area contributed by atoms with E-state index in [-0.39, 0.29) is 0 Å². The van der Waals surface area contributed by atoms with Crippen LogP contribution in [0.2, 0.25) is 0 Å². The maximum atomic E-state index is 4.59. The van der Waals surface area contributed by atoms with E-state index in [1.807, 2.05) is 30.0 Å². The maximum absolute atomic E-state index is 4.59. The van der Waals surface area contributed by atoms with Gasteiger partial charge in [0.1, 0.15) is 0 Å². The van der Waals surface area contributed by atoms with Crippen LogP contribution in [0.4, 0.5) is 0 Å². The van der Waals surface area contributed by atoms with Gasteiger partial charge in [-0.1, -0.05) is 30.3 Å². The first-order valence-corrected chi connectivity index (χ1v) is 6.66. The molecule has 0 atom stereocenters. The fourth-order valence-corrected chi connectivity index (χ4v) is 2.73. The van der Waals surface area contributed by atoms with E-state index >= 15 is 0 Å². The van der Waals surface area contributed by atoms with Crippen LogP contribution in [-0.4, -0.2) is 17.1 Å². The molecule has 0 saturated carbocycles. The minimum atomic E-state index is 1.01. The lowest BCUT2D eigenvalue weighted by atomic mass is 10.2. The largest absolute Gasteiger partial charge is 0.245 e. The van der Waals surface area contributed by atoms with Crippen molar-refractivity contribution in [1.29, 1.82) is 0 Å². The summed E-state index contributed by atoms with van der Waals surface area (Å²) in [5.74, 6) is 1.01. The molecule has 0 amide bonds. The lowest BCUT2D eigenvalue weighted by Crippen LogP contribution is -1.99. The predicted molar refractivity (Wildman–Crippen MR) is 67.8 cm³/mol. The summed E-state index contributed by atoms with van der Waals surface area (Å²) in [6.07, 6.45) is 2.08. The Morgan fingerprint density at radius 2 is 2.07 bits per heavy atom. The van der Waals surface area contributed by atoms with Gasteiger partial charge in [-0.2, -0.15) is 0 Å². The molecule has 1 nitrogen and oxygen atoms in total. The highest BCUT2D eigenvalue weighted by Crippen LogP contribution is 2.26. The molecule has 0 fully saturated rings. The summed E-state index contributed by atoms with van der Waals surface area (Å²) in [6.45, 7) is 0. The van der Waals surface area contributed by atoms with Crippen molar-refractivity contribution in [2.24, 2.45) is 4.99 Å². The Bertz CT molecular complexity index is 368. The van der Waals surface area contributed by atoms with Crippen LogP contribution in [0.25, 0.3) is 5.70 Å². The smallest absolute Gasteiger partial charge is 0.0839 e. The van der Waals surface area contributed by atoms with Gasteiger partial charge in [0.2, 0.25) is 0 Å². The lowest BCUT2D eigenvalue weighted by molar-refractivity contribution is 1.51. The van der Waals surface area contributed by atoms with E-state index in [9.17, 15) is 0 Å². The number of nitrogens with zero attached hydrogens (tertiary/aromatic N) is 1. The number of rotatable bonds is 1. The topological polar surface area (TPSA) is 12.4 Å². The Kier molecular flexibility index (Phi) is 3.32. The molecule has 0 bridgehead atoms. The van der Waals surface area contributed by atoms with Crippen molar-refractivity contribution in [3.8, 4) is 0 Å². The second kappa shape index (κ2) is 4.71. The number of hydrogen-bond donors (Lipinski definition) is 0. The van der Waals surface area contributed by atoms with E-state index in [0.717, 1.165) is 11.4 Å². The second-order valence-corrected chi connectivity index (χ2v) is 4.63. The molecule has 0 radical (unpaired) electrons. The highest BCUT2D eigenvalue weighted by Gasteiger charge is 2.07. The molecule has 0 aromatic heterocycles. The maximum Gasteiger partial charge on any atom is 0.0839 e. The van der Waals surface area contributed by atoms with Crippen LogP contribution in [0.1, 0.15) is 5.56 Å². The molecule has 0 saturated heterocycles. The van der Waals surface area contributed by atoms with Crippen molar-refractivity contribution in [3.05, 3.63) is 41.3 Å². The summed E-state index contributed by atoms with van der Waals surface area (Å²) in [6, 6.07) is 10.3. The zero-order valence-electron chi connectivity index (χ0n) is 7.93. The molecule has 1 aromatic carbocycles. The van der Waals surface area contributed by atoms with Crippen molar-refractivity contribution >= 4 is 34.3 Å². The molecule has 1 heterocycles. The summed E-state index contributed by atoms with van der Waals surface area (Å²) >= 11 is 3.55. The number of hydrogen-bond acceptors (Lipinski definition) is 3. The molecule has 0 N–H and O–H groups in total. The number of thioether (sulfide) groups is 2. The van der Waals surface area contributed by atoms with Gasteiger partial charge in [0.05, 0.1) is 10.7 Å². The van der Waals surface area contributed by atoms with E-state index in [2.05, 4.69) is 28.8 Å². The molecule has 0 unspecified atom stereocenters. The standard InChI is InChI=1S/C11H11NS2/c1-13-11-8-14-7-10(12-11)9-5-3-2-4-6-9/h2-7H,8H2,1H3. The van der Waals surface area contributed by atoms with Gasteiger partial charge in [-0.05, 0) is 11.7 Å². The van der Waals surface area contributed by atoms with Crippen molar-refractivity contribution in [3.63, 3.8) is 0 Å². The average molecular weight is 221 g/mol. The Labute approximate surface area is 92.7 Å². The highest BCUT2D eigenvalue weighted by molar-refractivity contribution is 8.16. The Hall–Kier alpha value is -0.670. The van der Waals surface area contributed by atoms with Crippen LogP contribution in [0.15, 0.2) is 40.7 Å². The van der Waals surface area contributed by atoms with Crippen LogP contribution < -0.4 is 0 Å². The molecule has 1 aliphatic heterocycles. The molecular weight excluding hydrogens is 210 g/mol. The molecule has 14 heavy (non-hydrogen) atoms. The quantitative estimate of drug-likeness (QED) is 0.719. The molecule has 0 aliphatic carbocycles. The summed E-state index contributed by atoms with van der Waals surface area (Å²) in [5.41, 5.74) is 2.29. The molecular formula is C11H11NS2. The summed E-state index contributed by atoms with van der Waals surface area (Å²) in [5, 5.41) is 3.34.